The van der Waals surface area contributed by atoms with Crippen LogP contribution >= 0.6 is 0 Å². The van der Waals surface area contributed by atoms with Gasteiger partial charge in [-0.25, -0.2) is 4.79 Å². The zero-order chi connectivity index (χ0) is 15.1. The summed E-state index contributed by atoms with van der Waals surface area (Å²) in [4.78, 5) is 24.4. The van der Waals surface area contributed by atoms with Gasteiger partial charge in [-0.15, -0.1) is 0 Å². The van der Waals surface area contributed by atoms with Crippen molar-refractivity contribution in [1.29, 1.82) is 0 Å². The second kappa shape index (κ2) is 7.65. The van der Waals surface area contributed by atoms with Crippen LogP contribution in [-0.2, 0) is 17.8 Å². The van der Waals surface area contributed by atoms with Crippen LogP contribution in [0.1, 0.15) is 31.4 Å². The molecule has 0 unspecified atom stereocenters. The second-order valence-electron chi connectivity index (χ2n) is 5.26. The molecule has 0 aromatic heterocycles. The van der Waals surface area contributed by atoms with Crippen molar-refractivity contribution in [3.8, 4) is 0 Å². The number of nitrogens with zero attached hydrogens (tertiary/aromatic N) is 1. The van der Waals surface area contributed by atoms with E-state index >= 15 is 0 Å². The molecule has 0 saturated heterocycles. The summed E-state index contributed by atoms with van der Waals surface area (Å²) in [5.41, 5.74) is 12.9. The van der Waals surface area contributed by atoms with Gasteiger partial charge in [-0.1, -0.05) is 38.1 Å². The molecule has 0 bridgehead atoms. The van der Waals surface area contributed by atoms with Crippen LogP contribution in [0, 0.1) is 5.92 Å². The first kappa shape index (κ1) is 16.2. The zero-order valence-corrected chi connectivity index (χ0v) is 12.1. The quantitative estimate of drug-likeness (QED) is 0.828. The lowest BCUT2D eigenvalue weighted by molar-refractivity contribution is -0.128. The van der Waals surface area contributed by atoms with E-state index < -0.39 is 6.03 Å². The minimum atomic E-state index is -0.679. The molecule has 0 saturated carbocycles. The Morgan fingerprint density at radius 2 is 1.70 bits per heavy atom. The zero-order valence-electron chi connectivity index (χ0n) is 12.1. The number of nitrogens with two attached hydrogens (primary N) is 2. The van der Waals surface area contributed by atoms with Crippen molar-refractivity contribution < 1.29 is 9.59 Å². The molecule has 0 spiro atoms. The third-order valence-electron chi connectivity index (χ3n) is 3.00. The van der Waals surface area contributed by atoms with Crippen molar-refractivity contribution in [2.24, 2.45) is 17.4 Å². The number of hydrogen-bond acceptors (Lipinski definition) is 3. The topological polar surface area (TPSA) is 89.4 Å². The van der Waals surface area contributed by atoms with Crippen LogP contribution in [0.5, 0.6) is 0 Å². The molecule has 0 fully saturated rings. The van der Waals surface area contributed by atoms with Crippen molar-refractivity contribution in [2.75, 3.05) is 6.54 Å². The maximum atomic E-state index is 12.0. The fourth-order valence-corrected chi connectivity index (χ4v) is 1.91. The summed E-state index contributed by atoms with van der Waals surface area (Å²) in [7, 11) is 0. The highest BCUT2D eigenvalue weighted by Crippen LogP contribution is 2.09. The van der Waals surface area contributed by atoms with Crippen molar-refractivity contribution in [1.82, 2.24) is 4.90 Å². The standard InChI is InChI=1S/C15H23N3O2/c1-11(2)10-18(15(17)20)14(19)8-7-12-3-5-13(9-16)6-4-12/h3-6,11H,7-10,16H2,1-2H3,(H2,17,20). The van der Waals surface area contributed by atoms with Gasteiger partial charge in [0.05, 0.1) is 0 Å². The number of imide groups is 1. The predicted molar refractivity (Wildman–Crippen MR) is 78.8 cm³/mol. The average molecular weight is 277 g/mol. The number of benzene rings is 1. The molecule has 1 aromatic rings. The largest absolute Gasteiger partial charge is 0.351 e. The summed E-state index contributed by atoms with van der Waals surface area (Å²) < 4.78 is 0. The van der Waals surface area contributed by atoms with Crippen molar-refractivity contribution in [3.63, 3.8) is 0 Å². The maximum absolute atomic E-state index is 12.0. The third kappa shape index (κ3) is 5.01. The Morgan fingerprint density at radius 3 is 2.15 bits per heavy atom. The monoisotopic (exact) mass is 277 g/mol. The van der Waals surface area contributed by atoms with E-state index in [2.05, 4.69) is 0 Å². The molecule has 0 atom stereocenters. The fraction of sp³-hybridized carbons (Fsp3) is 0.467. The molecule has 110 valence electrons. The smallest absolute Gasteiger partial charge is 0.321 e. The predicted octanol–water partition coefficient (Wildman–Crippen LogP) is 1.64. The highest BCUT2D eigenvalue weighted by molar-refractivity contribution is 5.93. The Balaban J connectivity index is 2.57. The molecule has 0 radical (unpaired) electrons. The lowest BCUT2D eigenvalue weighted by Crippen LogP contribution is -2.42. The van der Waals surface area contributed by atoms with Gasteiger partial charge in [0.25, 0.3) is 0 Å². The van der Waals surface area contributed by atoms with E-state index in [-0.39, 0.29) is 18.2 Å². The molecule has 0 heterocycles. The number of carbonyl (C=O) groups is 2. The molecular weight excluding hydrogens is 254 g/mol. The summed E-state index contributed by atoms with van der Waals surface area (Å²) in [5, 5.41) is 0. The van der Waals surface area contributed by atoms with Crippen LogP contribution in [-0.4, -0.2) is 23.4 Å². The molecule has 20 heavy (non-hydrogen) atoms. The molecule has 5 heteroatoms. The van der Waals surface area contributed by atoms with Gasteiger partial charge in [0, 0.05) is 19.5 Å². The van der Waals surface area contributed by atoms with Gasteiger partial charge >= 0.3 is 6.03 Å². The van der Waals surface area contributed by atoms with Crippen LogP contribution in [0.15, 0.2) is 24.3 Å². The number of urea groups is 1. The van der Waals surface area contributed by atoms with Gasteiger partial charge < -0.3 is 11.5 Å². The van der Waals surface area contributed by atoms with Gasteiger partial charge in [0.1, 0.15) is 0 Å². The Kier molecular flexibility index (Phi) is 6.18. The number of aryl methyl sites for hydroxylation is 1. The van der Waals surface area contributed by atoms with E-state index in [1.807, 2.05) is 38.1 Å². The molecule has 0 aliphatic heterocycles. The number of amides is 3. The van der Waals surface area contributed by atoms with Crippen molar-refractivity contribution in [3.05, 3.63) is 35.4 Å². The van der Waals surface area contributed by atoms with E-state index in [0.717, 1.165) is 16.0 Å². The molecule has 3 amide bonds. The fourth-order valence-electron chi connectivity index (χ4n) is 1.91. The number of rotatable bonds is 6. The Bertz CT molecular complexity index is 455. The van der Waals surface area contributed by atoms with E-state index in [1.165, 1.54) is 0 Å². The van der Waals surface area contributed by atoms with Gasteiger partial charge in [-0.3, -0.25) is 9.69 Å². The van der Waals surface area contributed by atoms with Crippen LogP contribution in [0.2, 0.25) is 0 Å². The summed E-state index contributed by atoms with van der Waals surface area (Å²) in [6.45, 7) is 4.74. The van der Waals surface area contributed by atoms with Crippen LogP contribution in [0.3, 0.4) is 0 Å². The minimum absolute atomic E-state index is 0.204. The highest BCUT2D eigenvalue weighted by Gasteiger charge is 2.19. The summed E-state index contributed by atoms with van der Waals surface area (Å²) in [6, 6.07) is 7.11. The molecular formula is C15H23N3O2. The highest BCUT2D eigenvalue weighted by atomic mass is 16.2. The Morgan fingerprint density at radius 1 is 1.15 bits per heavy atom. The van der Waals surface area contributed by atoms with Crippen LogP contribution in [0.4, 0.5) is 4.79 Å². The second-order valence-corrected chi connectivity index (χ2v) is 5.26. The Labute approximate surface area is 119 Å². The Hall–Kier alpha value is -1.88. The van der Waals surface area contributed by atoms with Crippen molar-refractivity contribution in [2.45, 2.75) is 33.2 Å². The van der Waals surface area contributed by atoms with E-state index in [1.54, 1.807) is 0 Å². The molecule has 1 aromatic carbocycles. The van der Waals surface area contributed by atoms with Crippen LogP contribution < -0.4 is 11.5 Å². The SMILES string of the molecule is CC(C)CN(C(N)=O)C(=O)CCc1ccc(CN)cc1. The average Bonchev–Trinajstić information content (AvgIpc) is 2.42. The maximum Gasteiger partial charge on any atom is 0.321 e. The number of carbonyl (C=O) groups excluding carboxylic acids is 2. The first-order valence-corrected chi connectivity index (χ1v) is 6.81. The van der Waals surface area contributed by atoms with Gasteiger partial charge in [-0.05, 0) is 23.5 Å². The normalized spacial score (nSPS) is 10.6. The first-order chi connectivity index (χ1) is 9.43. The van der Waals surface area contributed by atoms with E-state index in [4.69, 9.17) is 11.5 Å². The summed E-state index contributed by atoms with van der Waals surface area (Å²) >= 11 is 0. The molecule has 0 aliphatic rings. The summed E-state index contributed by atoms with van der Waals surface area (Å²) in [5.74, 6) is -0.0237. The van der Waals surface area contributed by atoms with Crippen LogP contribution in [0.25, 0.3) is 0 Å². The lowest BCUT2D eigenvalue weighted by atomic mass is 10.1. The third-order valence-corrected chi connectivity index (χ3v) is 3.00. The first-order valence-electron chi connectivity index (χ1n) is 6.81. The molecule has 1 rings (SSSR count). The molecule has 5 nitrogen and oxygen atoms in total. The number of primary amides is 1. The van der Waals surface area contributed by atoms with Gasteiger partial charge in [-0.2, -0.15) is 0 Å². The van der Waals surface area contributed by atoms with Gasteiger partial charge in [0.15, 0.2) is 0 Å². The lowest BCUT2D eigenvalue weighted by Gasteiger charge is -2.20. The van der Waals surface area contributed by atoms with Gasteiger partial charge in [0.2, 0.25) is 5.91 Å². The van der Waals surface area contributed by atoms with E-state index in [9.17, 15) is 9.59 Å². The number of hydrogen-bond donors (Lipinski definition) is 2. The summed E-state index contributed by atoms with van der Waals surface area (Å²) in [6.07, 6.45) is 0.864. The minimum Gasteiger partial charge on any atom is -0.351 e. The van der Waals surface area contributed by atoms with E-state index in [0.29, 0.717) is 19.5 Å². The molecule has 4 N–H and O–H groups in total. The van der Waals surface area contributed by atoms with Crippen molar-refractivity contribution >= 4 is 11.9 Å². The molecule has 0 aliphatic carbocycles.